The predicted octanol–water partition coefficient (Wildman–Crippen LogP) is 7.77. The molecule has 0 amide bonds. The lowest BCUT2D eigenvalue weighted by atomic mass is 10.1. The number of piperazine rings is 5. The summed E-state index contributed by atoms with van der Waals surface area (Å²) in [6, 6.07) is 33.6. The third-order valence-corrected chi connectivity index (χ3v) is 22.7. The molecule has 42 heteroatoms. The maximum Gasteiger partial charge on any atom is 0.189 e. The van der Waals surface area contributed by atoms with Crippen LogP contribution in [-0.2, 0) is 0 Å². The normalized spacial score (nSPS) is 15.5. The lowest BCUT2D eigenvalue weighted by Gasteiger charge is -2.33. The first-order chi connectivity index (χ1) is 60.3. The second-order valence-electron chi connectivity index (χ2n) is 28.4. The van der Waals surface area contributed by atoms with Gasteiger partial charge in [-0.25, -0.2) is 0 Å². The van der Waals surface area contributed by atoms with Gasteiger partial charge in [0.2, 0.25) is 0 Å². The van der Waals surface area contributed by atoms with Gasteiger partial charge in [-0.2, -0.15) is 56.1 Å². The van der Waals surface area contributed by atoms with Crippen molar-refractivity contribution in [2.75, 3.05) is 166 Å². The molecule has 0 radical (unpaired) electrons. The van der Waals surface area contributed by atoms with Crippen LogP contribution in [0.2, 0.25) is 10.0 Å². The number of halogens is 4. The zero-order valence-electron chi connectivity index (χ0n) is 68.8. The van der Waals surface area contributed by atoms with E-state index in [9.17, 15) is 0 Å². The summed E-state index contributed by atoms with van der Waals surface area (Å²) < 4.78 is 1.82. The molecule has 5 N–H and O–H groups in total. The predicted molar refractivity (Wildman–Crippen MR) is 513 cm³/mol. The Labute approximate surface area is 774 Å². The molecular formula is C82H93Br2Cl2N33S5. The van der Waals surface area contributed by atoms with Gasteiger partial charge in [0.05, 0.1) is 81.4 Å². The Morgan fingerprint density at radius 2 is 0.581 bits per heavy atom. The van der Waals surface area contributed by atoms with Crippen LogP contribution >= 0.6 is 116 Å². The third-order valence-electron chi connectivity index (χ3n) is 19.5. The van der Waals surface area contributed by atoms with E-state index in [1.807, 2.05) is 84.9 Å². The molecule has 644 valence electrons. The quantitative estimate of drug-likeness (QED) is 0.0372. The lowest BCUT2D eigenvalue weighted by Crippen LogP contribution is -2.49. The summed E-state index contributed by atoms with van der Waals surface area (Å²) in [6.07, 6.45) is 25.2. The number of thiocarbonyl (C=S) groups is 5. The molecule has 15 rings (SSSR count). The van der Waals surface area contributed by atoms with E-state index < -0.39 is 0 Å². The van der Waals surface area contributed by atoms with E-state index in [2.05, 4.69) is 234 Å². The van der Waals surface area contributed by atoms with Gasteiger partial charge in [-0.1, -0.05) is 29.3 Å². The molecule has 0 aliphatic carbocycles. The molecular weight excluding hydrogens is 1840 g/mol. The Balaban J connectivity index is 0.000000151. The van der Waals surface area contributed by atoms with Crippen LogP contribution < -0.4 is 27.1 Å². The van der Waals surface area contributed by atoms with Crippen LogP contribution in [-0.4, -0.2) is 335 Å². The van der Waals surface area contributed by atoms with Crippen LogP contribution in [0.3, 0.4) is 0 Å². The first kappa shape index (κ1) is 94.1. The van der Waals surface area contributed by atoms with Crippen molar-refractivity contribution >= 4 is 170 Å². The Hall–Kier alpha value is -10.6. The number of pyridine rings is 7. The SMILES string of the molecule is CN1CCN(C(=S)N/N=C(/c2cccnc2)c2ccnnc2)CC1.CN1CCN(C(=S)N/N=C(/c2ccncc2)c2ccnnc2)CC1.CN1CCN(C(=S)N/N=C(\c2ccnnc2)c2ccccn2)CC1.CN1CCN(C(=S)NN=C(c2ccc(Br)cn2)c2ccc(Br)cn2)CC1.CN1CCN(C(=S)NN=C(c2ccc(Cl)cn2)c2ccc(Cl)cn2)CC1. The number of hydrazone groups is 5. The summed E-state index contributed by atoms with van der Waals surface area (Å²) in [5, 5.41) is 50.0. The number of likely N-dealkylation sites (N-methyl/N-ethyl adjacent to an activating group) is 5. The molecule has 0 bridgehead atoms. The fourth-order valence-corrected chi connectivity index (χ4v) is 14.0. The van der Waals surface area contributed by atoms with Crippen molar-refractivity contribution in [2.24, 2.45) is 25.5 Å². The van der Waals surface area contributed by atoms with Crippen molar-refractivity contribution in [3.05, 3.63) is 277 Å². The van der Waals surface area contributed by atoms with E-state index in [1.54, 1.807) is 117 Å². The van der Waals surface area contributed by atoms with Gasteiger partial charge in [0.25, 0.3) is 0 Å². The highest BCUT2D eigenvalue weighted by atomic mass is 79.9. The first-order valence-corrected chi connectivity index (χ1v) is 43.7. The summed E-state index contributed by atoms with van der Waals surface area (Å²) in [7, 11) is 10.6. The number of rotatable bonds is 15. The maximum atomic E-state index is 5.94. The van der Waals surface area contributed by atoms with Crippen molar-refractivity contribution < 1.29 is 0 Å². The van der Waals surface area contributed by atoms with Crippen molar-refractivity contribution in [1.29, 1.82) is 0 Å². The molecule has 5 fully saturated rings. The van der Waals surface area contributed by atoms with E-state index in [-0.39, 0.29) is 0 Å². The number of hydrogen-bond donors (Lipinski definition) is 5. The average Bonchev–Trinajstić information content (AvgIpc) is 0.840. The second-order valence-corrected chi connectivity index (χ2v) is 33.0. The van der Waals surface area contributed by atoms with Gasteiger partial charge < -0.3 is 49.0 Å². The van der Waals surface area contributed by atoms with Crippen LogP contribution in [0.5, 0.6) is 0 Å². The number of nitrogens with one attached hydrogen (secondary N) is 5. The van der Waals surface area contributed by atoms with Gasteiger partial charge in [0, 0.05) is 223 Å². The van der Waals surface area contributed by atoms with Crippen molar-refractivity contribution in [2.45, 2.75) is 0 Å². The van der Waals surface area contributed by atoms with Gasteiger partial charge >= 0.3 is 0 Å². The molecule has 5 aliphatic heterocycles. The molecule has 0 saturated carbocycles. The molecule has 5 aliphatic rings. The van der Waals surface area contributed by atoms with Gasteiger partial charge in [0.1, 0.15) is 22.8 Å². The Morgan fingerprint density at radius 1 is 0.274 bits per heavy atom. The zero-order valence-corrected chi connectivity index (χ0v) is 77.5. The van der Waals surface area contributed by atoms with E-state index in [0.717, 1.165) is 196 Å². The fourth-order valence-electron chi connectivity index (χ4n) is 12.1. The molecule has 5 saturated heterocycles. The zero-order chi connectivity index (χ0) is 87.4. The minimum absolute atomic E-state index is 0.554. The smallest absolute Gasteiger partial charge is 0.189 e. The highest BCUT2D eigenvalue weighted by Crippen LogP contribution is 2.19. The molecule has 15 heterocycles. The van der Waals surface area contributed by atoms with E-state index in [4.69, 9.17) is 84.3 Å². The summed E-state index contributed by atoms with van der Waals surface area (Å²) in [4.78, 5) is 52.2. The Morgan fingerprint density at radius 3 is 0.879 bits per heavy atom. The van der Waals surface area contributed by atoms with Gasteiger partial charge in [-0.3, -0.25) is 62.0 Å². The van der Waals surface area contributed by atoms with Crippen LogP contribution in [0.25, 0.3) is 0 Å². The second kappa shape index (κ2) is 49.8. The highest BCUT2D eigenvalue weighted by molar-refractivity contribution is 9.10. The van der Waals surface area contributed by atoms with Crippen LogP contribution in [0.15, 0.2) is 237 Å². The summed E-state index contributed by atoms with van der Waals surface area (Å²) in [5.74, 6) is 0. The minimum atomic E-state index is 0.554. The van der Waals surface area contributed by atoms with Crippen LogP contribution in [0.4, 0.5) is 0 Å². The maximum absolute atomic E-state index is 5.94. The molecule has 10 aromatic rings. The highest BCUT2D eigenvalue weighted by Gasteiger charge is 2.24. The third kappa shape index (κ3) is 30.1. The first-order valence-electron chi connectivity index (χ1n) is 39.3. The van der Waals surface area contributed by atoms with Crippen molar-refractivity contribution in [1.82, 2.24) is 142 Å². The van der Waals surface area contributed by atoms with Gasteiger partial charge in [0.15, 0.2) is 25.6 Å². The fraction of sp³-hybridized carbons (Fsp3) is 0.305. The van der Waals surface area contributed by atoms with Crippen LogP contribution in [0.1, 0.15) is 56.3 Å². The largest absolute Gasteiger partial charge is 0.345 e. The van der Waals surface area contributed by atoms with Crippen LogP contribution in [0, 0.1) is 0 Å². The molecule has 10 aromatic heterocycles. The molecule has 33 nitrogen and oxygen atoms in total. The van der Waals surface area contributed by atoms with Crippen molar-refractivity contribution in [3.63, 3.8) is 0 Å². The summed E-state index contributed by atoms with van der Waals surface area (Å²) >= 11 is 46.1. The number of hydrogen-bond acceptors (Lipinski definition) is 28. The van der Waals surface area contributed by atoms with E-state index >= 15 is 0 Å². The Kier molecular flexibility index (Phi) is 37.8. The standard InChI is InChI=1S/C17H18Br2N6S.C17H18Cl2N6S.3C16H19N7S/c2*1-24-6-8-25(9-7-24)17(26)23-22-16(14-4-2-12(18)10-20-14)15-5-3-13(19)11-21-15;1-22-8-10-23(11-9-22)16(24)21-20-15(13-2-5-17-6-3-13)14-4-7-18-19-12-14;1-22-7-9-23(10-8-22)16(24)21-20-15(13-3-2-5-17-11-13)14-4-6-18-19-12-14;1-22-8-10-23(11-9-22)16(24)21-20-15(13-5-7-18-19-12-13)14-4-2-3-6-17-14/h2*2-5,10-11H,6-9H2,1H3,(H,23,26);2-7,12H,8-11H2,1H3,(H,21,24);2-6,11-12H,7-10H2,1H3,(H,21,24);2-7,12H,8-11H2,1H3,(H,21,24)/b;;2*20-15-;20-15+. The minimum Gasteiger partial charge on any atom is -0.345 e. The summed E-state index contributed by atoms with van der Waals surface area (Å²) in [5.41, 5.74) is 26.2. The molecule has 0 aromatic carbocycles. The van der Waals surface area contributed by atoms with E-state index in [0.29, 0.717) is 64.1 Å². The van der Waals surface area contributed by atoms with Gasteiger partial charge in [-0.05, 0) is 231 Å². The lowest BCUT2D eigenvalue weighted by molar-refractivity contribution is 0.214. The molecule has 0 atom stereocenters. The topological polar surface area (TPSA) is 322 Å². The average molecular weight is 1930 g/mol. The van der Waals surface area contributed by atoms with Gasteiger partial charge in [-0.15, -0.1) is 0 Å². The molecule has 124 heavy (non-hydrogen) atoms. The number of aromatic nitrogens is 13. The summed E-state index contributed by atoms with van der Waals surface area (Å²) in [6.45, 7) is 18.8. The molecule has 0 spiro atoms. The molecule has 0 unspecified atom stereocenters. The Bertz CT molecular complexity index is 4520. The van der Waals surface area contributed by atoms with E-state index in [1.165, 1.54) is 0 Å². The number of nitrogens with zero attached hydrogens (tertiary/aromatic N) is 28. The van der Waals surface area contributed by atoms with Crippen molar-refractivity contribution in [3.8, 4) is 0 Å². The monoisotopic (exact) mass is 1930 g/mol.